The van der Waals surface area contributed by atoms with Crippen molar-refractivity contribution in [1.29, 1.82) is 0 Å². The van der Waals surface area contributed by atoms with Crippen LogP contribution in [0.15, 0.2) is 5.28 Å². The molecule has 1 aliphatic heterocycles. The zero-order valence-electron chi connectivity index (χ0n) is 8.99. The van der Waals surface area contributed by atoms with Crippen molar-refractivity contribution in [3.05, 3.63) is 5.21 Å². The third-order valence-electron chi connectivity index (χ3n) is 1.50. The summed E-state index contributed by atoms with van der Waals surface area (Å²) in [6.45, 7) is 8.79. The Morgan fingerprint density at radius 1 is 1.36 bits per heavy atom. The molecule has 0 unspecified atom stereocenters. The highest BCUT2D eigenvalue weighted by atomic mass is 16.6. The van der Waals surface area contributed by atoms with E-state index in [4.69, 9.17) is 9.94 Å². The van der Waals surface area contributed by atoms with Crippen LogP contribution in [0.1, 0.15) is 20.8 Å². The zero-order valence-corrected chi connectivity index (χ0v) is 8.99. The van der Waals surface area contributed by atoms with Gasteiger partial charge in [-0.2, -0.15) is 0 Å². The summed E-state index contributed by atoms with van der Waals surface area (Å²) in [6, 6.07) is 0. The third-order valence-corrected chi connectivity index (χ3v) is 1.50. The molecule has 84 valence electrons. The maximum absolute atomic E-state index is 10.3. The van der Waals surface area contributed by atoms with Crippen LogP contribution in [-0.2, 0) is 4.74 Å². The second-order valence-corrected chi connectivity index (χ2v) is 3.90. The van der Waals surface area contributed by atoms with Gasteiger partial charge in [-0.15, -0.1) is 0 Å². The Bertz CT molecular complexity index is 162. The summed E-state index contributed by atoms with van der Waals surface area (Å²) in [5, 5.41) is 23.8. The molecule has 1 fully saturated rings. The highest BCUT2D eigenvalue weighted by Gasteiger charge is 2.20. The van der Waals surface area contributed by atoms with E-state index in [1.165, 1.54) is 0 Å². The summed E-state index contributed by atoms with van der Waals surface area (Å²) in [6.07, 6.45) is 0. The molecule has 0 radical (unpaired) electrons. The van der Waals surface area contributed by atoms with Crippen LogP contribution < -0.4 is 5.32 Å². The molecule has 0 aliphatic carbocycles. The van der Waals surface area contributed by atoms with Gasteiger partial charge in [0.2, 0.25) is 0 Å². The number of ether oxygens (including phenoxy) is 1. The molecule has 0 atom stereocenters. The van der Waals surface area contributed by atoms with Crippen molar-refractivity contribution in [2.24, 2.45) is 5.28 Å². The summed E-state index contributed by atoms with van der Waals surface area (Å²) in [4.78, 5) is 0.243. The van der Waals surface area contributed by atoms with Gasteiger partial charge in [0.25, 0.3) is 0 Å². The Hall–Kier alpha value is -0.880. The van der Waals surface area contributed by atoms with Gasteiger partial charge >= 0.3 is 0 Å². The maximum Gasteiger partial charge on any atom is 0.197 e. The minimum Gasteiger partial charge on any atom is -0.597 e. The molecular formula is C8H19N3O3. The molecule has 0 bridgehead atoms. The van der Waals surface area contributed by atoms with Crippen LogP contribution in [0.4, 0.5) is 0 Å². The van der Waals surface area contributed by atoms with Gasteiger partial charge in [0, 0.05) is 33.9 Å². The molecule has 0 aromatic carbocycles. The standard InChI is InChI=1S/C4H10N2O2.C4H9NO/c1-4(2,3)6(8)5-7;1-3-6-4-2-5-1/h7H,1-3H3;5H,1-4H2. The summed E-state index contributed by atoms with van der Waals surface area (Å²) in [7, 11) is 0. The molecule has 1 saturated heterocycles. The van der Waals surface area contributed by atoms with E-state index in [9.17, 15) is 5.21 Å². The van der Waals surface area contributed by atoms with Crippen molar-refractivity contribution >= 4 is 0 Å². The lowest BCUT2D eigenvalue weighted by Crippen LogP contribution is -2.30. The minimum atomic E-state index is -0.630. The fourth-order valence-electron chi connectivity index (χ4n) is 0.650. The molecule has 0 spiro atoms. The Balaban J connectivity index is 0.000000249. The zero-order chi connectivity index (χ0) is 11.0. The minimum absolute atomic E-state index is 0.243. The van der Waals surface area contributed by atoms with Crippen molar-refractivity contribution < 1.29 is 14.8 Å². The molecule has 1 aliphatic rings. The van der Waals surface area contributed by atoms with Gasteiger partial charge in [0.1, 0.15) is 0 Å². The summed E-state index contributed by atoms with van der Waals surface area (Å²) in [5.41, 5.74) is -0.630. The first-order valence-corrected chi connectivity index (χ1v) is 4.59. The van der Waals surface area contributed by atoms with Gasteiger partial charge in [-0.3, -0.25) is 0 Å². The van der Waals surface area contributed by atoms with Crippen LogP contribution in [0.3, 0.4) is 0 Å². The van der Waals surface area contributed by atoms with Crippen LogP contribution in [0.2, 0.25) is 0 Å². The summed E-state index contributed by atoms with van der Waals surface area (Å²) < 4.78 is 5.01. The second kappa shape index (κ2) is 6.56. The summed E-state index contributed by atoms with van der Waals surface area (Å²) >= 11 is 0. The number of nitrogens with one attached hydrogen (secondary N) is 1. The average molecular weight is 205 g/mol. The molecule has 6 heteroatoms. The lowest BCUT2D eigenvalue weighted by molar-refractivity contribution is -0.620. The van der Waals surface area contributed by atoms with Crippen molar-refractivity contribution in [2.45, 2.75) is 26.3 Å². The van der Waals surface area contributed by atoms with E-state index in [2.05, 4.69) is 10.6 Å². The van der Waals surface area contributed by atoms with Gasteiger partial charge < -0.3 is 20.5 Å². The Labute approximate surface area is 84.1 Å². The fraction of sp³-hybridized carbons (Fsp3) is 1.00. The third kappa shape index (κ3) is 6.62. The number of morpholine rings is 1. The van der Waals surface area contributed by atoms with E-state index in [0.717, 1.165) is 26.3 Å². The monoisotopic (exact) mass is 205 g/mol. The second-order valence-electron chi connectivity index (χ2n) is 3.90. The predicted molar refractivity (Wildman–Crippen MR) is 51.3 cm³/mol. The Morgan fingerprint density at radius 2 is 1.86 bits per heavy atom. The number of hydrogen-bond acceptors (Lipinski definition) is 4. The van der Waals surface area contributed by atoms with Crippen LogP contribution in [0.5, 0.6) is 0 Å². The number of nitrogens with zero attached hydrogens (tertiary/aromatic N) is 2. The fourth-order valence-corrected chi connectivity index (χ4v) is 0.650. The van der Waals surface area contributed by atoms with Gasteiger partial charge in [0.05, 0.1) is 13.2 Å². The molecule has 1 heterocycles. The first kappa shape index (κ1) is 13.1. The molecular weight excluding hydrogens is 186 g/mol. The largest absolute Gasteiger partial charge is 0.597 e. The van der Waals surface area contributed by atoms with Crippen molar-refractivity contribution in [2.75, 3.05) is 26.3 Å². The van der Waals surface area contributed by atoms with Crippen molar-refractivity contribution in [3.8, 4) is 0 Å². The first-order chi connectivity index (χ1) is 6.48. The number of hydroxylamine groups is 1. The van der Waals surface area contributed by atoms with Gasteiger partial charge in [-0.1, -0.05) is 4.86 Å². The van der Waals surface area contributed by atoms with Crippen LogP contribution in [0, 0.1) is 5.21 Å². The van der Waals surface area contributed by atoms with E-state index in [-0.39, 0.29) is 4.86 Å². The lowest BCUT2D eigenvalue weighted by atomic mass is 10.1. The Morgan fingerprint density at radius 3 is 1.93 bits per heavy atom. The molecule has 0 saturated carbocycles. The molecule has 14 heavy (non-hydrogen) atoms. The molecule has 6 nitrogen and oxygen atoms in total. The van der Waals surface area contributed by atoms with Gasteiger partial charge in [-0.25, -0.2) is 0 Å². The topological polar surface area (TPSA) is 79.9 Å². The van der Waals surface area contributed by atoms with E-state index in [1.54, 1.807) is 20.8 Å². The van der Waals surface area contributed by atoms with Crippen LogP contribution in [0.25, 0.3) is 0 Å². The van der Waals surface area contributed by atoms with E-state index >= 15 is 0 Å². The van der Waals surface area contributed by atoms with Gasteiger partial charge in [0.15, 0.2) is 10.8 Å². The van der Waals surface area contributed by atoms with Crippen LogP contribution in [-0.4, -0.2) is 41.9 Å². The smallest absolute Gasteiger partial charge is 0.197 e. The summed E-state index contributed by atoms with van der Waals surface area (Å²) in [5.74, 6) is 0. The average Bonchev–Trinajstić information content (AvgIpc) is 2.19. The quantitative estimate of drug-likeness (QED) is 0.347. The van der Waals surface area contributed by atoms with Crippen molar-refractivity contribution in [1.82, 2.24) is 5.32 Å². The SMILES string of the molecule is C1COCCN1.CC(C)(C)[N+]([O-])=NO. The maximum atomic E-state index is 10.3. The predicted octanol–water partition coefficient (Wildman–Crippen LogP) is 0.743. The van der Waals surface area contributed by atoms with E-state index in [1.807, 2.05) is 0 Å². The molecule has 0 aromatic heterocycles. The number of rotatable bonds is 0. The molecule has 0 amide bonds. The van der Waals surface area contributed by atoms with Crippen LogP contribution >= 0.6 is 0 Å². The lowest BCUT2D eigenvalue weighted by Gasteiger charge is -2.11. The number of hydrogen-bond donors (Lipinski definition) is 2. The normalized spacial score (nSPS) is 18.4. The van der Waals surface area contributed by atoms with Crippen molar-refractivity contribution in [3.63, 3.8) is 0 Å². The Kier molecular flexibility index (Phi) is 6.14. The highest BCUT2D eigenvalue weighted by Crippen LogP contribution is 2.04. The van der Waals surface area contributed by atoms with Gasteiger partial charge in [-0.05, 0) is 0 Å². The molecule has 0 aromatic rings. The molecule has 2 N–H and O–H groups in total. The van der Waals surface area contributed by atoms with E-state index < -0.39 is 5.54 Å². The first-order valence-electron chi connectivity index (χ1n) is 4.59. The molecule has 1 rings (SSSR count). The highest BCUT2D eigenvalue weighted by molar-refractivity contribution is 4.53. The van der Waals surface area contributed by atoms with E-state index in [0.29, 0.717) is 0 Å².